The number of hydrogen-bond donors (Lipinski definition) is 1. The number of carbonyl (C=O) groups excluding carboxylic acids is 1. The second-order valence-corrected chi connectivity index (χ2v) is 20.4. The molecular weight excluding hydrogens is 944 g/mol. The molecule has 14 nitrogen and oxygen atoms in total. The lowest BCUT2D eigenvalue weighted by atomic mass is 10.0. The lowest BCUT2D eigenvalue weighted by Gasteiger charge is -2.39. The van der Waals surface area contributed by atoms with E-state index in [4.69, 9.17) is 46.9 Å². The van der Waals surface area contributed by atoms with Crippen molar-refractivity contribution in [2.24, 2.45) is 0 Å². The molecule has 6 aromatic rings. The third-order valence-electron chi connectivity index (χ3n) is 13.6. The molecule has 0 spiro atoms. The lowest BCUT2D eigenvalue weighted by molar-refractivity contribution is 0.00562. The van der Waals surface area contributed by atoms with Gasteiger partial charge in [-0.3, -0.25) is 9.59 Å². The number of likely N-dealkylation sites (tertiary alicyclic amines) is 2. The summed E-state index contributed by atoms with van der Waals surface area (Å²) in [7, 11) is 0. The highest BCUT2D eigenvalue weighted by atomic mass is 35.5. The van der Waals surface area contributed by atoms with Crippen molar-refractivity contribution in [1.29, 1.82) is 0 Å². The molecule has 0 bridgehead atoms. The number of halogens is 2. The fraction of sp³-hybridized carbons (Fsp3) is 0.436. The van der Waals surface area contributed by atoms with Gasteiger partial charge in [-0.05, 0) is 131 Å². The van der Waals surface area contributed by atoms with Crippen LogP contribution in [0.4, 0.5) is 4.79 Å². The lowest BCUT2D eigenvalue weighted by Crippen LogP contribution is -2.49. The molecule has 0 aliphatic carbocycles. The quantitative estimate of drug-likeness (QED) is 0.126. The molecule has 376 valence electrons. The fourth-order valence-corrected chi connectivity index (χ4v) is 10.3. The average Bonchev–Trinajstić information content (AvgIpc) is 3.37. The van der Waals surface area contributed by atoms with E-state index in [2.05, 4.69) is 27.2 Å². The van der Waals surface area contributed by atoms with Gasteiger partial charge < -0.3 is 52.8 Å². The summed E-state index contributed by atoms with van der Waals surface area (Å²) < 4.78 is 32.1. The van der Waals surface area contributed by atoms with Gasteiger partial charge in [-0.1, -0.05) is 47.5 Å². The molecule has 4 aliphatic heterocycles. The summed E-state index contributed by atoms with van der Waals surface area (Å²) >= 11 is 12.7. The van der Waals surface area contributed by atoms with Crippen molar-refractivity contribution in [2.45, 2.75) is 90.3 Å². The highest BCUT2D eigenvalue weighted by Crippen LogP contribution is 2.33. The molecule has 0 atom stereocenters. The Morgan fingerprint density at radius 2 is 1.10 bits per heavy atom. The number of nitrogens with zero attached hydrogens (tertiary/aromatic N) is 5. The van der Waals surface area contributed by atoms with E-state index in [9.17, 15) is 14.4 Å². The minimum absolute atomic E-state index is 0.0238. The fourth-order valence-electron chi connectivity index (χ4n) is 9.84. The van der Waals surface area contributed by atoms with E-state index in [1.165, 1.54) is 5.56 Å². The zero-order valence-corrected chi connectivity index (χ0v) is 42.4. The van der Waals surface area contributed by atoms with Crippen LogP contribution in [0.2, 0.25) is 10.0 Å². The maximum absolute atomic E-state index is 13.3. The zero-order chi connectivity index (χ0) is 49.5. The topological polar surface area (TPSA) is 129 Å². The van der Waals surface area contributed by atoms with E-state index in [0.29, 0.717) is 67.9 Å². The monoisotopic (exact) mass is 1010 g/mol. The summed E-state index contributed by atoms with van der Waals surface area (Å²) in [6, 6.07) is 30.7. The Kier molecular flexibility index (Phi) is 16.1. The largest absolute Gasteiger partial charge is 0.486 e. The Morgan fingerprint density at radius 3 is 1.62 bits per heavy atom. The van der Waals surface area contributed by atoms with Gasteiger partial charge in [0, 0.05) is 97.4 Å². The van der Waals surface area contributed by atoms with Crippen LogP contribution >= 0.6 is 23.2 Å². The van der Waals surface area contributed by atoms with Crippen molar-refractivity contribution in [2.75, 3.05) is 65.7 Å². The molecule has 6 heterocycles. The van der Waals surface area contributed by atoms with Crippen molar-refractivity contribution in [3.8, 4) is 23.0 Å². The Bertz CT molecular complexity index is 2940. The van der Waals surface area contributed by atoms with E-state index in [0.717, 1.165) is 116 Å². The van der Waals surface area contributed by atoms with Crippen molar-refractivity contribution in [3.63, 3.8) is 0 Å². The van der Waals surface area contributed by atoms with E-state index >= 15 is 0 Å². The first kappa shape index (κ1) is 50.2. The molecule has 0 saturated carbocycles. The summed E-state index contributed by atoms with van der Waals surface area (Å²) in [5, 5.41) is 6.81. The molecule has 2 aromatic heterocycles. The number of benzene rings is 4. The van der Waals surface area contributed by atoms with Crippen LogP contribution in [-0.4, -0.2) is 113 Å². The maximum atomic E-state index is 13.3. The third kappa shape index (κ3) is 12.6. The van der Waals surface area contributed by atoms with Gasteiger partial charge in [0.15, 0.2) is 23.0 Å². The van der Waals surface area contributed by atoms with Gasteiger partial charge in [0.25, 0.3) is 11.1 Å². The molecule has 1 amide bonds. The summed E-state index contributed by atoms with van der Waals surface area (Å²) in [5.41, 5.74) is 3.34. The van der Waals surface area contributed by atoms with Gasteiger partial charge in [-0.2, -0.15) is 0 Å². The van der Waals surface area contributed by atoms with Crippen LogP contribution in [0.5, 0.6) is 23.0 Å². The maximum Gasteiger partial charge on any atom is 0.410 e. The number of pyridine rings is 2. The molecule has 10 rings (SSSR count). The number of hydrogen-bond acceptors (Lipinski definition) is 11. The minimum atomic E-state index is -0.586. The minimum Gasteiger partial charge on any atom is -0.486 e. The van der Waals surface area contributed by atoms with Crippen LogP contribution in [0.25, 0.3) is 21.8 Å². The molecule has 2 saturated heterocycles. The Labute approximate surface area is 424 Å². The van der Waals surface area contributed by atoms with Crippen LogP contribution in [0.1, 0.15) is 57.6 Å². The molecule has 71 heavy (non-hydrogen) atoms. The highest BCUT2D eigenvalue weighted by Gasteiger charge is 2.32. The van der Waals surface area contributed by atoms with E-state index in [1.807, 2.05) is 97.0 Å². The predicted octanol–water partition coefficient (Wildman–Crippen LogP) is 9.01. The van der Waals surface area contributed by atoms with E-state index in [1.54, 1.807) is 22.8 Å². The average molecular weight is 1010 g/mol. The second-order valence-electron chi connectivity index (χ2n) is 19.6. The van der Waals surface area contributed by atoms with Gasteiger partial charge in [0.2, 0.25) is 0 Å². The summed E-state index contributed by atoms with van der Waals surface area (Å²) in [6.07, 6.45) is 3.52. The molecule has 1 N–H and O–H groups in total. The number of carbonyl (C=O) groups is 1. The Balaban J connectivity index is 0.000000179. The van der Waals surface area contributed by atoms with Crippen molar-refractivity contribution in [1.82, 2.24) is 29.2 Å². The van der Waals surface area contributed by atoms with Crippen molar-refractivity contribution in [3.05, 3.63) is 139 Å². The first-order valence-corrected chi connectivity index (χ1v) is 25.6. The number of aromatic nitrogens is 2. The first-order chi connectivity index (χ1) is 34.3. The van der Waals surface area contributed by atoms with Gasteiger partial charge >= 0.3 is 6.09 Å². The number of fused-ring (bicyclic) bond motifs is 4. The number of rotatable bonds is 12. The van der Waals surface area contributed by atoms with Gasteiger partial charge in [-0.25, -0.2) is 4.79 Å². The van der Waals surface area contributed by atoms with Crippen molar-refractivity contribution >= 4 is 51.1 Å². The van der Waals surface area contributed by atoms with Crippen LogP contribution in [0, 0.1) is 0 Å². The summed E-state index contributed by atoms with van der Waals surface area (Å²) in [4.78, 5) is 45.1. The van der Waals surface area contributed by atoms with Crippen LogP contribution in [-0.2, 0) is 30.9 Å². The number of amides is 1. The normalized spacial score (nSPS) is 16.6. The predicted molar refractivity (Wildman–Crippen MR) is 279 cm³/mol. The molecule has 16 heteroatoms. The highest BCUT2D eigenvalue weighted by molar-refractivity contribution is 6.35. The SMILES string of the molecule is CC(C)(C)OC(=O)N(Cc1ccc2c(c1)OCCO2)C1CCN(CCn2c(=O)ccc3c(Cl)cccc32)CC1.O=c1ccc2c(Cl)cccc2n1CCN1CCC(NCc2ccc3c(c2)OCCO3)CC1. The molecule has 4 aromatic carbocycles. The number of piperidine rings is 2. The summed E-state index contributed by atoms with van der Waals surface area (Å²) in [5.74, 6) is 3.12. The van der Waals surface area contributed by atoms with Crippen LogP contribution in [0.3, 0.4) is 0 Å². The van der Waals surface area contributed by atoms with E-state index in [-0.39, 0.29) is 23.3 Å². The van der Waals surface area contributed by atoms with E-state index < -0.39 is 5.60 Å². The third-order valence-corrected chi connectivity index (χ3v) is 14.3. The number of nitrogens with one attached hydrogen (secondary N) is 1. The molecular formula is C55H64Cl2N6O8. The van der Waals surface area contributed by atoms with Crippen molar-refractivity contribution < 1.29 is 28.5 Å². The van der Waals surface area contributed by atoms with Gasteiger partial charge in [-0.15, -0.1) is 0 Å². The number of ether oxygens (including phenoxy) is 5. The molecule has 0 radical (unpaired) electrons. The smallest absolute Gasteiger partial charge is 0.410 e. The Hall–Kier alpha value is -5.77. The standard InChI is InChI=1S/C30H36ClN3O5.C25H28ClN3O3/c1-30(2,3)39-29(36)34(20-21-7-9-26-27(19-21)38-18-17-37-26)22-11-13-32(14-12-22)15-16-33-25-6-4-5-24(31)23(25)8-10-28(33)35;26-21-2-1-3-22-20(21)5-7-25(30)29(22)13-12-28-10-8-19(9-11-28)27-17-18-4-6-23-24(16-18)32-15-14-31-23/h4-10,19,22H,11-18,20H2,1-3H3;1-7,16,19,27H,8-15,17H2. The van der Waals surface area contributed by atoms with Crippen LogP contribution < -0.4 is 35.4 Å². The first-order valence-electron chi connectivity index (χ1n) is 24.9. The zero-order valence-electron chi connectivity index (χ0n) is 40.9. The molecule has 2 fully saturated rings. The summed E-state index contributed by atoms with van der Waals surface area (Å²) in [6.45, 7) is 15.8. The van der Waals surface area contributed by atoms with Gasteiger partial charge in [0.1, 0.15) is 32.0 Å². The molecule has 4 aliphatic rings. The van der Waals surface area contributed by atoms with Crippen LogP contribution in [0.15, 0.2) is 107 Å². The second kappa shape index (κ2) is 22.8. The Morgan fingerprint density at radius 1 is 0.620 bits per heavy atom. The van der Waals surface area contributed by atoms with Gasteiger partial charge in [0.05, 0.1) is 11.0 Å². The molecule has 0 unspecified atom stereocenters.